The van der Waals surface area contributed by atoms with E-state index in [4.69, 9.17) is 72.7 Å². The minimum Gasteiger partial charge on any atom is -0.354 e. The monoisotopic (exact) mass is 940 g/mol. The predicted molar refractivity (Wildman–Crippen MR) is 324 cm³/mol. The van der Waals surface area contributed by atoms with Gasteiger partial charge >= 0.3 is 0 Å². The van der Waals surface area contributed by atoms with Crippen LogP contribution in [-0.4, -0.2) is 112 Å². The highest BCUT2D eigenvalue weighted by atomic mass is 14.8. The number of rotatable bonds is 12. The first kappa shape index (κ1) is 48.9. The van der Waals surface area contributed by atoms with Gasteiger partial charge in [-0.15, -0.1) is 21.4 Å². The van der Waals surface area contributed by atoms with Crippen LogP contribution < -0.4 is 0 Å². The molecule has 7 aromatic rings. The molecule has 75 heavy (non-hydrogen) atoms. The molecular formula is C59H44B12N4. The molecule has 0 aliphatic carbocycles. The lowest BCUT2D eigenvalue weighted by atomic mass is 9.65. The molecule has 8 atom stereocenters. The maximum absolute atomic E-state index is 6.71. The number of hydrogen-bond donors (Lipinski definition) is 2. The van der Waals surface area contributed by atoms with Crippen molar-refractivity contribution in [2.75, 3.05) is 0 Å². The average molecular weight is 939 g/mol. The summed E-state index contributed by atoms with van der Waals surface area (Å²) in [7, 11) is 60.3. The molecule has 4 aromatic carbocycles. The lowest BCUT2D eigenvalue weighted by molar-refractivity contribution is 0.787. The van der Waals surface area contributed by atoms with Crippen LogP contribution in [0.4, 0.5) is 0 Å². The van der Waals surface area contributed by atoms with Crippen LogP contribution in [-0.2, 0) is 25.7 Å². The lowest BCUT2D eigenvalue weighted by Gasteiger charge is -2.17. The number of hydrogen-bond acceptors (Lipinski definition) is 2. The zero-order chi connectivity index (χ0) is 52.1. The molecule has 336 valence electrons. The topological polar surface area (TPSA) is 57.4 Å². The van der Waals surface area contributed by atoms with Crippen LogP contribution in [0.25, 0.3) is 90.9 Å². The number of benzene rings is 4. The molecule has 13 rings (SSSR count). The molecule has 3 aromatic heterocycles. The van der Waals surface area contributed by atoms with Crippen molar-refractivity contribution < 1.29 is 0 Å². The van der Waals surface area contributed by atoms with Gasteiger partial charge in [-0.2, -0.15) is 0 Å². The van der Waals surface area contributed by atoms with Crippen molar-refractivity contribution in [3.63, 3.8) is 0 Å². The molecule has 2 N–H and O–H groups in total. The van der Waals surface area contributed by atoms with Crippen molar-refractivity contribution in [2.45, 2.75) is 88.7 Å². The quantitative estimate of drug-likeness (QED) is 0.120. The molecule has 0 saturated carbocycles. The molecule has 8 unspecified atom stereocenters. The van der Waals surface area contributed by atoms with Crippen LogP contribution in [0.15, 0.2) is 121 Å². The molecule has 9 heterocycles. The Hall–Kier alpha value is -5.74. The Morgan fingerprint density at radius 1 is 0.387 bits per heavy atom. The van der Waals surface area contributed by atoms with Crippen LogP contribution >= 0.6 is 0 Å². The van der Waals surface area contributed by atoms with Crippen molar-refractivity contribution in [3.05, 3.63) is 166 Å². The van der Waals surface area contributed by atoms with E-state index in [1.807, 2.05) is 49.9 Å². The average Bonchev–Trinajstić information content (AvgIpc) is 3.97. The van der Waals surface area contributed by atoms with E-state index >= 15 is 0 Å². The van der Waals surface area contributed by atoms with E-state index in [1.54, 1.807) is 0 Å². The van der Waals surface area contributed by atoms with Crippen LogP contribution in [0.1, 0.15) is 65.8 Å². The van der Waals surface area contributed by atoms with Gasteiger partial charge in [0.15, 0.2) is 0 Å². The van der Waals surface area contributed by atoms with Crippen LogP contribution in [0.5, 0.6) is 0 Å². The molecular weight excluding hydrogens is 894 g/mol. The van der Waals surface area contributed by atoms with Crippen molar-refractivity contribution in [3.8, 4) is 44.5 Å². The molecule has 8 bridgehead atoms. The first-order valence-corrected chi connectivity index (χ1v) is 25.9. The van der Waals surface area contributed by atoms with Gasteiger partial charge < -0.3 is 9.97 Å². The van der Waals surface area contributed by atoms with Crippen molar-refractivity contribution in [1.82, 2.24) is 19.9 Å². The third-order valence-corrected chi connectivity index (χ3v) is 17.2. The molecule has 6 aliphatic rings. The number of aromatic amines is 2. The largest absolute Gasteiger partial charge is 0.354 e. The Kier molecular flexibility index (Phi) is 11.0. The number of fused-ring (bicyclic) bond motifs is 8. The summed E-state index contributed by atoms with van der Waals surface area (Å²) in [5.74, 6) is 0. The van der Waals surface area contributed by atoms with Gasteiger partial charge in [0.25, 0.3) is 0 Å². The van der Waals surface area contributed by atoms with Crippen molar-refractivity contribution >= 4 is 138 Å². The van der Waals surface area contributed by atoms with Gasteiger partial charge in [0.1, 0.15) is 21.8 Å². The van der Waals surface area contributed by atoms with Gasteiger partial charge in [0, 0.05) is 44.3 Å². The van der Waals surface area contributed by atoms with Crippen molar-refractivity contribution in [2.24, 2.45) is 0 Å². The Balaban J connectivity index is 1.03. The summed E-state index contributed by atoms with van der Waals surface area (Å²) < 4.78 is 0. The minimum absolute atomic E-state index is 0.115. The second-order valence-electron chi connectivity index (χ2n) is 23.2. The Morgan fingerprint density at radius 3 is 0.933 bits per heavy atom. The summed E-state index contributed by atoms with van der Waals surface area (Å²) in [6, 6.07) is 43.0. The normalized spacial score (nSPS) is 29.4. The molecule has 0 spiro atoms. The highest BCUT2D eigenvalue weighted by molar-refractivity contribution is 6.82. The SMILES string of the molecule is [B]C1[B]C1([B])Cc1ccc(-c2c3nc(c(-c4ccc(CC5([B])[B]C5([B])C)cc4)c4ccc([nH]4)c(-c4ccc(CC5([B])[B]C5([B])C)cc4)c4ccc([nH]4)c(-c4ccc(CC5([B])[B]C5([B])C)cc4)c4nc2C=C4)C=C3)cc1. The Morgan fingerprint density at radius 2 is 0.640 bits per heavy atom. The van der Waals surface area contributed by atoms with E-state index in [0.717, 1.165) is 112 Å². The van der Waals surface area contributed by atoms with E-state index in [0.29, 0.717) is 25.7 Å². The van der Waals surface area contributed by atoms with E-state index < -0.39 is 36.5 Å². The molecule has 20 radical (unpaired) electrons. The Bertz CT molecular complexity index is 3560. The number of nitrogens with zero attached hydrogens (tertiary/aromatic N) is 2. The predicted octanol–water partition coefficient (Wildman–Crippen LogP) is 10.3. The first-order chi connectivity index (χ1) is 35.6. The standard InChI is InChI=1S/C59H44B12N4/c1-53(61)57(65,69-53)29-33-6-14-37(15-7-33)49-42-22-20-40(72-42)48(36-12-4-32(5-13-36)28-56(64)52(60)68-56)41-21-23-43(73-41)50(38-16-8-34(9-17-38)30-58(66)54(2,62)70-58)45-25-27-47(75-45)51(46-26-24-44(49)74-46)39-18-10-35(11-19-39)31-59(67)55(3,63)71-59/h4-27,52,74-75H,28-31H2,1-3H3. The highest BCUT2D eigenvalue weighted by Crippen LogP contribution is 2.66. The lowest BCUT2D eigenvalue weighted by Crippen LogP contribution is -2.04. The summed E-state index contributed by atoms with van der Waals surface area (Å²) in [4.78, 5) is 18.9. The molecule has 4 nitrogen and oxygen atoms in total. The third-order valence-electron chi connectivity index (χ3n) is 17.2. The first-order valence-electron chi connectivity index (χ1n) is 25.9. The zero-order valence-corrected chi connectivity index (χ0v) is 42.6. The smallest absolute Gasteiger partial charge is 0.102 e. The highest BCUT2D eigenvalue weighted by Gasteiger charge is 2.57. The second kappa shape index (κ2) is 16.9. The maximum Gasteiger partial charge on any atom is 0.102 e. The van der Waals surface area contributed by atoms with Crippen LogP contribution in [0.3, 0.4) is 0 Å². The third kappa shape index (κ3) is 8.64. The van der Waals surface area contributed by atoms with Gasteiger partial charge in [-0.05, 0) is 119 Å². The molecule has 6 aliphatic heterocycles. The summed E-state index contributed by atoms with van der Waals surface area (Å²) in [5, 5.41) is -3.67. The second-order valence-corrected chi connectivity index (χ2v) is 23.2. The minimum atomic E-state index is -0.552. The molecule has 4 saturated heterocycles. The van der Waals surface area contributed by atoms with Gasteiger partial charge in [0.05, 0.1) is 92.8 Å². The fourth-order valence-corrected chi connectivity index (χ4v) is 11.6. The molecule has 0 amide bonds. The molecule has 4 fully saturated rings. The maximum atomic E-state index is 6.71. The zero-order valence-electron chi connectivity index (χ0n) is 42.6. The van der Waals surface area contributed by atoms with Gasteiger partial charge in [-0.25, -0.2) is 9.97 Å². The fraction of sp³-hybridized carbons (Fsp3) is 0.254. The van der Waals surface area contributed by atoms with Crippen molar-refractivity contribution in [1.29, 1.82) is 0 Å². The van der Waals surface area contributed by atoms with E-state index in [-0.39, 0.29) is 5.72 Å². The van der Waals surface area contributed by atoms with E-state index in [2.05, 4.69) is 156 Å². The summed E-state index contributed by atoms with van der Waals surface area (Å²) in [5.41, 5.74) is 18.9. The fourth-order valence-electron chi connectivity index (χ4n) is 11.6. The Labute approximate surface area is 455 Å². The molecule has 16 heteroatoms. The van der Waals surface area contributed by atoms with Crippen LogP contribution in [0, 0.1) is 0 Å². The van der Waals surface area contributed by atoms with Gasteiger partial charge in [-0.3, -0.25) is 0 Å². The summed E-state index contributed by atoms with van der Waals surface area (Å²) >= 11 is 0. The van der Waals surface area contributed by atoms with Gasteiger partial charge in [-0.1, -0.05) is 139 Å². The van der Waals surface area contributed by atoms with Gasteiger partial charge in [0.2, 0.25) is 0 Å². The summed E-state index contributed by atoms with van der Waals surface area (Å²) in [6.07, 6.45) is 11.0. The number of nitrogens with one attached hydrogen (secondary N) is 2. The van der Waals surface area contributed by atoms with Crippen LogP contribution in [0.2, 0.25) is 42.2 Å². The van der Waals surface area contributed by atoms with E-state index in [9.17, 15) is 0 Å². The summed E-state index contributed by atoms with van der Waals surface area (Å²) in [6.45, 7) is 5.93. The number of H-pyrrole nitrogens is 2. The number of aromatic nitrogens is 4. The van der Waals surface area contributed by atoms with E-state index in [1.165, 1.54) is 0 Å².